The van der Waals surface area contributed by atoms with E-state index in [0.29, 0.717) is 30.1 Å². The molecule has 1 aromatic heterocycles. The molecule has 0 radical (unpaired) electrons. The molecule has 1 aromatic carbocycles. The number of hydrogen-bond acceptors (Lipinski definition) is 4. The Balaban J connectivity index is 1.58. The van der Waals surface area contributed by atoms with E-state index in [-0.39, 0.29) is 24.0 Å². The summed E-state index contributed by atoms with van der Waals surface area (Å²) in [6.45, 7) is 8.68. The van der Waals surface area contributed by atoms with Gasteiger partial charge in [-0.15, -0.1) is 0 Å². The third kappa shape index (κ3) is 5.50. The first-order chi connectivity index (χ1) is 13.6. The van der Waals surface area contributed by atoms with Crippen molar-refractivity contribution in [2.75, 3.05) is 13.1 Å². The highest BCUT2D eigenvalue weighted by atomic mass is 35.5. The number of nitrogens with zero attached hydrogens (tertiary/aromatic N) is 3. The lowest BCUT2D eigenvalue weighted by Gasteiger charge is -2.37. The van der Waals surface area contributed by atoms with Gasteiger partial charge < -0.3 is 15.0 Å². The topological polar surface area (TPSA) is 76.5 Å². The van der Waals surface area contributed by atoms with Gasteiger partial charge in [0.15, 0.2) is 0 Å². The Morgan fingerprint density at radius 2 is 1.93 bits per heavy atom. The number of nitrogens with one attached hydrogen (secondary N) is 1. The van der Waals surface area contributed by atoms with E-state index in [1.54, 1.807) is 34.1 Å². The number of aromatic nitrogens is 2. The van der Waals surface area contributed by atoms with Crippen LogP contribution >= 0.6 is 11.6 Å². The molecule has 2 heterocycles. The van der Waals surface area contributed by atoms with E-state index in [4.69, 9.17) is 16.3 Å². The molecule has 2 aromatic rings. The Labute approximate surface area is 176 Å². The van der Waals surface area contributed by atoms with Gasteiger partial charge >= 0.3 is 6.09 Å². The predicted molar refractivity (Wildman–Crippen MR) is 111 cm³/mol. The van der Waals surface area contributed by atoms with Gasteiger partial charge in [0.2, 0.25) is 0 Å². The fourth-order valence-electron chi connectivity index (χ4n) is 3.28. The monoisotopic (exact) mass is 418 g/mol. The van der Waals surface area contributed by atoms with Crippen molar-refractivity contribution in [2.45, 2.75) is 45.8 Å². The Bertz CT molecular complexity index is 873. The molecule has 1 aliphatic heterocycles. The van der Waals surface area contributed by atoms with Crippen molar-refractivity contribution in [1.82, 2.24) is 20.0 Å². The largest absolute Gasteiger partial charge is 0.444 e. The Kier molecular flexibility index (Phi) is 6.17. The molecule has 0 saturated carbocycles. The Morgan fingerprint density at radius 3 is 2.55 bits per heavy atom. The van der Waals surface area contributed by atoms with Gasteiger partial charge in [-0.05, 0) is 57.4 Å². The van der Waals surface area contributed by atoms with Crippen LogP contribution in [0.5, 0.6) is 0 Å². The Morgan fingerprint density at radius 1 is 1.24 bits per heavy atom. The summed E-state index contributed by atoms with van der Waals surface area (Å²) >= 11 is 5.91. The number of amides is 2. The van der Waals surface area contributed by atoms with Gasteiger partial charge in [0.25, 0.3) is 5.91 Å². The second-order valence-corrected chi connectivity index (χ2v) is 8.86. The van der Waals surface area contributed by atoms with Crippen molar-refractivity contribution >= 4 is 23.6 Å². The molecule has 1 aliphatic rings. The van der Waals surface area contributed by atoms with Crippen LogP contribution in [0.15, 0.2) is 36.7 Å². The van der Waals surface area contributed by atoms with E-state index < -0.39 is 5.60 Å². The first kappa shape index (κ1) is 21.2. The van der Waals surface area contributed by atoms with Gasteiger partial charge in [0.1, 0.15) is 5.60 Å². The van der Waals surface area contributed by atoms with Gasteiger partial charge in [0.05, 0.1) is 17.4 Å². The molecule has 0 spiro atoms. The lowest BCUT2D eigenvalue weighted by molar-refractivity contribution is 0.0145. The summed E-state index contributed by atoms with van der Waals surface area (Å²) in [7, 11) is 0. The number of halogens is 1. The maximum absolute atomic E-state index is 12.7. The van der Waals surface area contributed by atoms with Crippen molar-refractivity contribution < 1.29 is 14.3 Å². The number of likely N-dealkylation sites (tertiary alicyclic amines) is 1. The number of piperidine rings is 1. The Hall–Kier alpha value is -2.54. The van der Waals surface area contributed by atoms with Crippen LogP contribution in [-0.4, -0.2) is 51.4 Å². The van der Waals surface area contributed by atoms with Gasteiger partial charge in [-0.1, -0.05) is 18.5 Å². The summed E-state index contributed by atoms with van der Waals surface area (Å²) in [5, 5.41) is 7.98. The minimum absolute atomic E-state index is 0.0138. The molecule has 1 saturated heterocycles. The summed E-state index contributed by atoms with van der Waals surface area (Å²) < 4.78 is 7.08. The predicted octanol–water partition coefficient (Wildman–Crippen LogP) is 3.90. The molecule has 156 valence electrons. The molecule has 0 bridgehead atoms. The van der Waals surface area contributed by atoms with E-state index in [9.17, 15) is 9.59 Å². The summed E-state index contributed by atoms with van der Waals surface area (Å²) in [5.41, 5.74) is 0.796. The highest BCUT2D eigenvalue weighted by molar-refractivity contribution is 6.30. The molecule has 29 heavy (non-hydrogen) atoms. The molecule has 8 heteroatoms. The number of carbonyl (C=O) groups is 2. The fraction of sp³-hybridized carbons (Fsp3) is 0.476. The third-order valence-corrected chi connectivity index (χ3v) is 5.06. The van der Waals surface area contributed by atoms with Crippen molar-refractivity contribution in [3.05, 3.63) is 47.2 Å². The zero-order chi connectivity index (χ0) is 21.2. The second-order valence-electron chi connectivity index (χ2n) is 8.42. The summed E-state index contributed by atoms with van der Waals surface area (Å²) in [6.07, 6.45) is 3.61. The molecule has 1 fully saturated rings. The molecule has 2 atom stereocenters. The second kappa shape index (κ2) is 8.45. The van der Waals surface area contributed by atoms with Crippen LogP contribution < -0.4 is 5.32 Å². The minimum atomic E-state index is -0.518. The van der Waals surface area contributed by atoms with Gasteiger partial charge in [-0.25, -0.2) is 9.48 Å². The lowest BCUT2D eigenvalue weighted by Crippen LogP contribution is -2.52. The van der Waals surface area contributed by atoms with Crippen molar-refractivity contribution in [2.24, 2.45) is 5.92 Å². The SMILES string of the molecule is C[C@@H]1CN(C(=O)OC(C)(C)C)CC[C@@H]1NC(=O)c1cnn(-c2ccc(Cl)cc2)c1. The van der Waals surface area contributed by atoms with E-state index >= 15 is 0 Å². The maximum atomic E-state index is 12.7. The van der Waals surface area contributed by atoms with Crippen LogP contribution in [0.3, 0.4) is 0 Å². The third-order valence-electron chi connectivity index (χ3n) is 4.81. The number of benzene rings is 1. The van der Waals surface area contributed by atoms with E-state index in [2.05, 4.69) is 10.4 Å². The van der Waals surface area contributed by atoms with Crippen molar-refractivity contribution in [1.29, 1.82) is 0 Å². The van der Waals surface area contributed by atoms with E-state index in [1.807, 2.05) is 39.8 Å². The molecule has 7 nitrogen and oxygen atoms in total. The van der Waals surface area contributed by atoms with Crippen molar-refractivity contribution in [3.8, 4) is 5.69 Å². The fourth-order valence-corrected chi connectivity index (χ4v) is 3.41. The first-order valence-corrected chi connectivity index (χ1v) is 10.1. The minimum Gasteiger partial charge on any atom is -0.444 e. The number of carbonyl (C=O) groups excluding carboxylic acids is 2. The first-order valence-electron chi connectivity index (χ1n) is 9.72. The summed E-state index contributed by atoms with van der Waals surface area (Å²) in [6, 6.07) is 7.22. The van der Waals surface area contributed by atoms with Crippen LogP contribution in [0, 0.1) is 5.92 Å². The normalized spacial score (nSPS) is 19.7. The average molecular weight is 419 g/mol. The highest BCUT2D eigenvalue weighted by Gasteiger charge is 2.32. The highest BCUT2D eigenvalue weighted by Crippen LogP contribution is 2.20. The number of rotatable bonds is 3. The molecule has 0 aliphatic carbocycles. The molecule has 2 amide bonds. The average Bonchev–Trinajstić information content (AvgIpc) is 3.12. The van der Waals surface area contributed by atoms with Gasteiger partial charge in [-0.2, -0.15) is 5.10 Å². The molecular weight excluding hydrogens is 392 g/mol. The zero-order valence-corrected chi connectivity index (χ0v) is 17.9. The van der Waals surface area contributed by atoms with Crippen molar-refractivity contribution in [3.63, 3.8) is 0 Å². The zero-order valence-electron chi connectivity index (χ0n) is 17.2. The number of hydrogen-bond donors (Lipinski definition) is 1. The van der Waals surface area contributed by atoms with E-state index in [1.165, 1.54) is 0 Å². The van der Waals surface area contributed by atoms with Crippen LogP contribution in [-0.2, 0) is 4.74 Å². The smallest absolute Gasteiger partial charge is 0.410 e. The van der Waals surface area contributed by atoms with Crippen LogP contribution in [0.4, 0.5) is 4.79 Å². The standard InChI is InChI=1S/C21H27ClN4O3/c1-14-12-25(20(28)29-21(2,3)4)10-9-18(14)24-19(27)15-11-23-26(13-15)17-7-5-16(22)6-8-17/h5-8,11,13-14,18H,9-10,12H2,1-4H3,(H,24,27)/t14-,18+/m1/s1. The molecule has 0 unspecified atom stereocenters. The quantitative estimate of drug-likeness (QED) is 0.820. The van der Waals surface area contributed by atoms with Crippen LogP contribution in [0.1, 0.15) is 44.5 Å². The van der Waals surface area contributed by atoms with Gasteiger partial charge in [-0.3, -0.25) is 4.79 Å². The molecule has 1 N–H and O–H groups in total. The summed E-state index contributed by atoms with van der Waals surface area (Å²) in [5.74, 6) is -0.0562. The van der Waals surface area contributed by atoms with Crippen LogP contribution in [0.25, 0.3) is 5.69 Å². The molecule has 3 rings (SSSR count). The lowest BCUT2D eigenvalue weighted by atomic mass is 9.94. The van der Waals surface area contributed by atoms with Gasteiger partial charge in [0, 0.05) is 30.4 Å². The number of ether oxygens (including phenoxy) is 1. The maximum Gasteiger partial charge on any atom is 0.410 e. The molecular formula is C21H27ClN4O3. The summed E-state index contributed by atoms with van der Waals surface area (Å²) in [4.78, 5) is 26.6. The van der Waals surface area contributed by atoms with Crippen LogP contribution in [0.2, 0.25) is 5.02 Å². The van der Waals surface area contributed by atoms with E-state index in [0.717, 1.165) is 5.69 Å².